The fraction of sp³-hybridized carbons (Fsp3) is 0.346. The molecule has 12 nitrogen and oxygen atoms in total. The van der Waals surface area contributed by atoms with Gasteiger partial charge in [0.15, 0.2) is 11.6 Å². The van der Waals surface area contributed by atoms with Crippen LogP contribution in [0.5, 0.6) is 11.5 Å². The van der Waals surface area contributed by atoms with Gasteiger partial charge in [-0.25, -0.2) is 18.4 Å². The second-order valence-corrected chi connectivity index (χ2v) is 10.7. The molecule has 0 saturated heterocycles. The van der Waals surface area contributed by atoms with E-state index in [2.05, 4.69) is 29.9 Å². The zero-order valence-corrected chi connectivity index (χ0v) is 23.2. The second kappa shape index (κ2) is 12.2. The summed E-state index contributed by atoms with van der Waals surface area (Å²) in [4.78, 5) is 13.0. The van der Waals surface area contributed by atoms with Crippen molar-refractivity contribution in [1.29, 1.82) is 0 Å². The minimum atomic E-state index is -4.12. The quantitative estimate of drug-likeness (QED) is 0.275. The Labute approximate surface area is 227 Å². The lowest BCUT2D eigenvalue weighted by atomic mass is 10.2. The summed E-state index contributed by atoms with van der Waals surface area (Å²) in [6.07, 6.45) is 4.63. The van der Waals surface area contributed by atoms with Crippen molar-refractivity contribution in [2.75, 3.05) is 25.5 Å². The monoisotopic (exact) mass is 553 g/mol. The first-order valence-corrected chi connectivity index (χ1v) is 13.8. The molecule has 1 N–H and O–H groups in total. The number of rotatable bonds is 12. The van der Waals surface area contributed by atoms with E-state index in [1.54, 1.807) is 55.0 Å². The molecule has 0 amide bonds. The fourth-order valence-corrected chi connectivity index (χ4v) is 4.97. The number of ether oxygens (including phenoxy) is 3. The van der Waals surface area contributed by atoms with Crippen LogP contribution in [0.4, 0.5) is 5.95 Å². The van der Waals surface area contributed by atoms with Gasteiger partial charge in [0.05, 0.1) is 14.2 Å². The average Bonchev–Trinajstić information content (AvgIpc) is 3.36. The highest BCUT2D eigenvalue weighted by Crippen LogP contribution is 2.37. The molecule has 2 atom stereocenters. The molecule has 3 heterocycles. The number of nitrogens with zero attached hydrogens (tertiary/aromatic N) is 6. The third-order valence-corrected chi connectivity index (χ3v) is 7.58. The van der Waals surface area contributed by atoms with Gasteiger partial charge in [0.2, 0.25) is 16.0 Å². The number of para-hydroxylation sites is 1. The van der Waals surface area contributed by atoms with Gasteiger partial charge in [0, 0.05) is 25.2 Å². The van der Waals surface area contributed by atoms with Crippen molar-refractivity contribution in [3.63, 3.8) is 0 Å². The van der Waals surface area contributed by atoms with E-state index in [-0.39, 0.29) is 17.6 Å². The molecule has 0 aliphatic rings. The molecule has 0 fully saturated rings. The van der Waals surface area contributed by atoms with Crippen LogP contribution in [0.1, 0.15) is 37.8 Å². The summed E-state index contributed by atoms with van der Waals surface area (Å²) < 4.78 is 48.8. The summed E-state index contributed by atoms with van der Waals surface area (Å²) >= 11 is 0. The van der Waals surface area contributed by atoms with Crippen molar-refractivity contribution in [3.8, 4) is 28.7 Å². The maximum absolute atomic E-state index is 13.8. The van der Waals surface area contributed by atoms with Crippen LogP contribution in [-0.4, -0.2) is 64.2 Å². The highest BCUT2D eigenvalue weighted by molar-refractivity contribution is 7.93. The Kier molecular flexibility index (Phi) is 8.72. The Morgan fingerprint density at radius 3 is 2.26 bits per heavy atom. The Hall–Kier alpha value is -4.10. The van der Waals surface area contributed by atoms with Gasteiger partial charge in [-0.05, 0) is 50.1 Å². The SMILES string of the molecule is CCCO[C@@H](c1ncc(C)cn1)[C@H](C)S(=O)(=O)Nc1nnc(-c2ccccn2)n1-c1c(OC)cccc1OC. The Bertz CT molecular complexity index is 1470. The average molecular weight is 554 g/mol. The maximum atomic E-state index is 13.8. The van der Waals surface area contributed by atoms with Crippen molar-refractivity contribution >= 4 is 16.0 Å². The van der Waals surface area contributed by atoms with E-state index in [9.17, 15) is 8.42 Å². The zero-order valence-electron chi connectivity index (χ0n) is 22.4. The second-order valence-electron chi connectivity index (χ2n) is 8.67. The van der Waals surface area contributed by atoms with Crippen molar-refractivity contribution in [3.05, 3.63) is 66.4 Å². The predicted molar refractivity (Wildman–Crippen MR) is 145 cm³/mol. The zero-order chi connectivity index (χ0) is 28.0. The van der Waals surface area contributed by atoms with Crippen LogP contribution in [0.3, 0.4) is 0 Å². The molecular weight excluding hydrogens is 522 g/mol. The lowest BCUT2D eigenvalue weighted by Gasteiger charge is -2.24. The highest BCUT2D eigenvalue weighted by Gasteiger charge is 2.35. The van der Waals surface area contributed by atoms with Crippen LogP contribution >= 0.6 is 0 Å². The van der Waals surface area contributed by atoms with E-state index in [0.29, 0.717) is 35.9 Å². The molecule has 0 aliphatic heterocycles. The molecule has 0 aliphatic carbocycles. The normalized spacial score (nSPS) is 13.1. The molecule has 1 aromatic carbocycles. The van der Waals surface area contributed by atoms with Crippen molar-refractivity contribution in [1.82, 2.24) is 29.7 Å². The minimum absolute atomic E-state index is 0.0793. The summed E-state index contributed by atoms with van der Waals surface area (Å²) in [6.45, 7) is 5.66. The largest absolute Gasteiger partial charge is 0.494 e. The molecule has 13 heteroatoms. The number of aryl methyl sites for hydroxylation is 1. The number of nitrogens with one attached hydrogen (secondary N) is 1. The van der Waals surface area contributed by atoms with E-state index < -0.39 is 21.4 Å². The predicted octanol–water partition coefficient (Wildman–Crippen LogP) is 3.74. The van der Waals surface area contributed by atoms with E-state index in [4.69, 9.17) is 14.2 Å². The first kappa shape index (κ1) is 27.9. The van der Waals surface area contributed by atoms with Crippen LogP contribution in [0, 0.1) is 6.92 Å². The number of methoxy groups -OCH3 is 2. The number of hydrogen-bond acceptors (Lipinski definition) is 10. The van der Waals surface area contributed by atoms with Crippen LogP contribution in [0.25, 0.3) is 17.2 Å². The first-order valence-electron chi connectivity index (χ1n) is 12.3. The van der Waals surface area contributed by atoms with E-state index in [1.165, 1.54) is 25.7 Å². The molecule has 206 valence electrons. The van der Waals surface area contributed by atoms with Crippen LogP contribution in [0.15, 0.2) is 55.0 Å². The minimum Gasteiger partial charge on any atom is -0.494 e. The van der Waals surface area contributed by atoms with Crippen LogP contribution < -0.4 is 14.2 Å². The molecule has 4 aromatic rings. The number of sulfonamides is 1. The molecule has 0 spiro atoms. The van der Waals surface area contributed by atoms with Gasteiger partial charge in [-0.3, -0.25) is 14.3 Å². The lowest BCUT2D eigenvalue weighted by Crippen LogP contribution is -2.34. The number of pyridine rings is 1. The van der Waals surface area contributed by atoms with Gasteiger partial charge in [-0.1, -0.05) is 19.1 Å². The molecular formula is C26H31N7O5S. The molecule has 0 radical (unpaired) electrons. The van der Waals surface area contributed by atoms with Gasteiger partial charge in [0.25, 0.3) is 0 Å². The van der Waals surface area contributed by atoms with E-state index >= 15 is 0 Å². The maximum Gasteiger partial charge on any atom is 0.243 e. The van der Waals surface area contributed by atoms with E-state index in [1.807, 2.05) is 13.8 Å². The highest BCUT2D eigenvalue weighted by atomic mass is 32.2. The number of aromatic nitrogens is 6. The van der Waals surface area contributed by atoms with Gasteiger partial charge >= 0.3 is 0 Å². The van der Waals surface area contributed by atoms with Gasteiger partial charge in [-0.2, -0.15) is 0 Å². The van der Waals surface area contributed by atoms with Gasteiger partial charge < -0.3 is 14.2 Å². The fourth-order valence-electron chi connectivity index (χ4n) is 3.87. The molecule has 0 unspecified atom stereocenters. The summed E-state index contributed by atoms with van der Waals surface area (Å²) in [7, 11) is -1.11. The van der Waals surface area contributed by atoms with Crippen LogP contribution in [0.2, 0.25) is 0 Å². The molecule has 4 rings (SSSR count). The van der Waals surface area contributed by atoms with Crippen molar-refractivity contribution in [2.45, 2.75) is 38.5 Å². The number of hydrogen-bond donors (Lipinski definition) is 1. The smallest absolute Gasteiger partial charge is 0.243 e. The Morgan fingerprint density at radius 2 is 1.67 bits per heavy atom. The third-order valence-electron chi connectivity index (χ3n) is 5.89. The number of anilines is 1. The van der Waals surface area contributed by atoms with E-state index in [0.717, 1.165) is 5.56 Å². The number of benzene rings is 1. The lowest BCUT2D eigenvalue weighted by molar-refractivity contribution is 0.0466. The molecule has 0 bridgehead atoms. The summed E-state index contributed by atoms with van der Waals surface area (Å²) in [5, 5.41) is 7.38. The summed E-state index contributed by atoms with van der Waals surface area (Å²) in [6, 6.07) is 10.5. The van der Waals surface area contributed by atoms with Crippen molar-refractivity contribution in [2.24, 2.45) is 0 Å². The van der Waals surface area contributed by atoms with Crippen molar-refractivity contribution < 1.29 is 22.6 Å². The molecule has 0 saturated carbocycles. The Morgan fingerprint density at radius 1 is 0.974 bits per heavy atom. The summed E-state index contributed by atoms with van der Waals surface area (Å²) in [5.41, 5.74) is 1.72. The first-order chi connectivity index (χ1) is 18.8. The molecule has 39 heavy (non-hydrogen) atoms. The van der Waals surface area contributed by atoms with Gasteiger partial charge in [-0.15, -0.1) is 10.2 Å². The summed E-state index contributed by atoms with van der Waals surface area (Å²) in [5.74, 6) is 1.30. The van der Waals surface area contributed by atoms with Gasteiger partial charge in [0.1, 0.15) is 34.2 Å². The topological polar surface area (TPSA) is 143 Å². The Balaban J connectivity index is 1.82. The van der Waals surface area contributed by atoms with Crippen LogP contribution in [-0.2, 0) is 14.8 Å². The standard InChI is InChI=1S/C26H31N7O5S/c1-6-14-38-23(24-28-15-17(2)16-29-24)18(3)39(34,35)32-26-31-30-25(19-10-7-8-13-27-19)33(26)22-20(36-4)11-9-12-21(22)37-5/h7-13,15-16,18,23H,6,14H2,1-5H3,(H,31,32)/t18-,23+/m0/s1. The third kappa shape index (κ3) is 5.99. The molecule has 3 aromatic heterocycles.